The molecule has 0 amide bonds. The number of anilines is 1. The minimum Gasteiger partial charge on any atom is -0.361 e. The van der Waals surface area contributed by atoms with Crippen molar-refractivity contribution in [3.63, 3.8) is 0 Å². The van der Waals surface area contributed by atoms with Gasteiger partial charge in [-0.3, -0.25) is 4.57 Å². The summed E-state index contributed by atoms with van der Waals surface area (Å²) in [6, 6.07) is -0.414. The molecule has 0 spiro atoms. The maximum atomic E-state index is 14.0. The molecule has 6 nitrogen and oxygen atoms in total. The fraction of sp³-hybridized carbons (Fsp3) is 0.647. The van der Waals surface area contributed by atoms with E-state index in [1.54, 1.807) is 33.8 Å². The molecular weight excluding hydrogens is 380 g/mol. The van der Waals surface area contributed by atoms with E-state index in [-0.39, 0.29) is 28.7 Å². The Morgan fingerprint density at radius 3 is 2.23 bits per heavy atom. The largest absolute Gasteiger partial charge is 0.361 e. The van der Waals surface area contributed by atoms with E-state index < -0.39 is 19.5 Å². The van der Waals surface area contributed by atoms with E-state index in [2.05, 4.69) is 15.3 Å². The number of hydrogen-bond donors (Lipinski definition) is 1. The predicted octanol–water partition coefficient (Wildman–Crippen LogP) is 5.65. The molecule has 9 heteroatoms. The van der Waals surface area contributed by atoms with Crippen LogP contribution in [0.2, 0.25) is 5.28 Å². The Morgan fingerprint density at radius 1 is 1.23 bits per heavy atom. The van der Waals surface area contributed by atoms with Gasteiger partial charge in [0.25, 0.3) is 0 Å². The molecule has 148 valence electrons. The van der Waals surface area contributed by atoms with E-state index in [1.807, 2.05) is 20.8 Å². The van der Waals surface area contributed by atoms with Gasteiger partial charge in [0, 0.05) is 5.82 Å². The topological polar surface area (TPSA) is 73.3 Å². The smallest absolute Gasteiger partial charge is 0.354 e. The molecule has 0 aliphatic rings. The Bertz CT molecular complexity index is 664. The summed E-state index contributed by atoms with van der Waals surface area (Å²) in [5.74, 6) is 0.757. The van der Waals surface area contributed by atoms with Crippen LogP contribution in [0, 0.1) is 11.2 Å². The van der Waals surface area contributed by atoms with Crippen LogP contribution in [0.3, 0.4) is 0 Å². The second kappa shape index (κ2) is 9.27. The molecule has 0 saturated heterocycles. The first-order chi connectivity index (χ1) is 11.8. The van der Waals surface area contributed by atoms with Crippen molar-refractivity contribution in [2.24, 2.45) is 5.41 Å². The first kappa shape index (κ1) is 23.0. The summed E-state index contributed by atoms with van der Waals surface area (Å²) in [7, 11) is -3.45. The molecule has 0 radical (unpaired) electrons. The van der Waals surface area contributed by atoms with Crippen molar-refractivity contribution in [3.8, 4) is 0 Å². The molecule has 0 fully saturated rings. The van der Waals surface area contributed by atoms with Gasteiger partial charge in [0.1, 0.15) is 0 Å². The first-order valence-corrected chi connectivity index (χ1v) is 10.4. The second-order valence-corrected chi connectivity index (χ2v) is 9.65. The van der Waals surface area contributed by atoms with Crippen molar-refractivity contribution in [3.05, 3.63) is 29.2 Å². The van der Waals surface area contributed by atoms with E-state index in [4.69, 9.17) is 20.6 Å². The lowest BCUT2D eigenvalue weighted by Gasteiger charge is -2.30. The van der Waals surface area contributed by atoms with Crippen LogP contribution >= 0.6 is 19.2 Å². The van der Waals surface area contributed by atoms with Crippen molar-refractivity contribution in [1.82, 2.24) is 9.97 Å². The van der Waals surface area contributed by atoms with Gasteiger partial charge in [0.15, 0.2) is 11.6 Å². The van der Waals surface area contributed by atoms with Crippen molar-refractivity contribution >= 4 is 25.0 Å². The van der Waals surface area contributed by atoms with Crippen molar-refractivity contribution < 1.29 is 18.0 Å². The monoisotopic (exact) mass is 407 g/mol. The molecule has 1 N–H and O–H groups in total. The molecule has 26 heavy (non-hydrogen) atoms. The van der Waals surface area contributed by atoms with E-state index in [0.717, 1.165) is 6.20 Å². The zero-order valence-electron chi connectivity index (χ0n) is 16.3. The second-order valence-electron chi connectivity index (χ2n) is 7.51. The Kier molecular flexibility index (Phi) is 8.21. The Balaban J connectivity index is 3.14. The van der Waals surface area contributed by atoms with Gasteiger partial charge >= 0.3 is 7.60 Å². The Morgan fingerprint density at radius 2 is 1.77 bits per heavy atom. The zero-order valence-corrected chi connectivity index (χ0v) is 17.9. The van der Waals surface area contributed by atoms with E-state index in [1.165, 1.54) is 5.82 Å². The zero-order chi connectivity index (χ0) is 20.1. The summed E-state index contributed by atoms with van der Waals surface area (Å²) in [6.45, 7) is 13.0. The highest BCUT2D eigenvalue weighted by atomic mass is 35.5. The highest BCUT2D eigenvalue weighted by molar-refractivity contribution is 7.57. The van der Waals surface area contributed by atoms with Gasteiger partial charge < -0.3 is 14.4 Å². The van der Waals surface area contributed by atoms with Gasteiger partial charge in [-0.2, -0.15) is 4.98 Å². The van der Waals surface area contributed by atoms with Gasteiger partial charge in [-0.25, -0.2) is 9.37 Å². The van der Waals surface area contributed by atoms with Crippen molar-refractivity contribution in [2.45, 2.75) is 66.7 Å². The molecule has 1 aromatic rings. The van der Waals surface area contributed by atoms with E-state index in [0.29, 0.717) is 0 Å². The maximum absolute atomic E-state index is 14.0. The lowest BCUT2D eigenvalue weighted by molar-refractivity contribution is 0.149. The van der Waals surface area contributed by atoms with Crippen LogP contribution in [0.4, 0.5) is 10.2 Å². The molecule has 1 rings (SSSR count). The van der Waals surface area contributed by atoms with Gasteiger partial charge in [0.2, 0.25) is 5.28 Å². The molecule has 1 atom stereocenters. The summed E-state index contributed by atoms with van der Waals surface area (Å²) in [5.41, 5.74) is -0.346. The normalized spacial score (nSPS) is 14.4. The van der Waals surface area contributed by atoms with Gasteiger partial charge in [-0.05, 0) is 44.7 Å². The van der Waals surface area contributed by atoms with Gasteiger partial charge in [0.05, 0.1) is 24.4 Å². The van der Waals surface area contributed by atoms with Crippen LogP contribution in [0.15, 0.2) is 18.1 Å². The highest BCUT2D eigenvalue weighted by Crippen LogP contribution is 2.52. The third-order valence-electron chi connectivity index (χ3n) is 3.12. The molecule has 0 aliphatic heterocycles. The molecule has 0 aliphatic carbocycles. The molecule has 0 aromatic carbocycles. The standard InChI is InChI=1S/C17H28ClFN3O3P/c1-11(2)24-26(23,25-12(3)4)9-8-14(17(5,6)7)21-15-13(19)10-20-16(18)22-15/h8-12,14H,1-7H3,(H,20,21,22)/b9-8+. The summed E-state index contributed by atoms with van der Waals surface area (Å²) in [5, 5.41) is 2.91. The summed E-state index contributed by atoms with van der Waals surface area (Å²) >= 11 is 5.75. The maximum Gasteiger partial charge on any atom is 0.354 e. The van der Waals surface area contributed by atoms with Crippen LogP contribution in [0.1, 0.15) is 48.5 Å². The Labute approximate surface area is 160 Å². The van der Waals surface area contributed by atoms with Crippen molar-refractivity contribution in [1.29, 1.82) is 0 Å². The van der Waals surface area contributed by atoms with Gasteiger partial charge in [-0.15, -0.1) is 0 Å². The third-order valence-corrected chi connectivity index (χ3v) is 5.27. The number of aromatic nitrogens is 2. The quantitative estimate of drug-likeness (QED) is 0.443. The van der Waals surface area contributed by atoms with E-state index in [9.17, 15) is 8.96 Å². The lowest BCUT2D eigenvalue weighted by Crippen LogP contribution is -2.33. The van der Waals surface area contributed by atoms with Gasteiger partial charge in [-0.1, -0.05) is 26.8 Å². The van der Waals surface area contributed by atoms with Crippen LogP contribution in [0.5, 0.6) is 0 Å². The highest BCUT2D eigenvalue weighted by Gasteiger charge is 2.28. The summed E-state index contributed by atoms with van der Waals surface area (Å²) in [6.07, 6.45) is 2.10. The molecule has 1 heterocycles. The van der Waals surface area contributed by atoms with Crippen LogP contribution < -0.4 is 5.32 Å². The number of rotatable bonds is 8. The average molecular weight is 408 g/mol. The van der Waals surface area contributed by atoms with E-state index >= 15 is 0 Å². The summed E-state index contributed by atoms with van der Waals surface area (Å²) in [4.78, 5) is 7.47. The lowest BCUT2D eigenvalue weighted by atomic mass is 9.87. The predicted molar refractivity (Wildman–Crippen MR) is 103 cm³/mol. The average Bonchev–Trinajstić information content (AvgIpc) is 2.43. The van der Waals surface area contributed by atoms with Crippen LogP contribution in [-0.2, 0) is 13.6 Å². The van der Waals surface area contributed by atoms with Crippen molar-refractivity contribution in [2.75, 3.05) is 5.32 Å². The minimum atomic E-state index is -3.45. The molecular formula is C17H28ClFN3O3P. The SMILES string of the molecule is CC(C)OP(=O)(/C=C/C(Nc1nc(Cl)ncc1F)C(C)(C)C)OC(C)C. The fourth-order valence-corrected chi connectivity index (χ4v) is 3.90. The summed E-state index contributed by atoms with van der Waals surface area (Å²) < 4.78 is 37.9. The Hall–Kier alpha value is -1.01. The first-order valence-electron chi connectivity index (χ1n) is 8.43. The van der Waals surface area contributed by atoms with Crippen LogP contribution in [0.25, 0.3) is 0 Å². The molecule has 0 bridgehead atoms. The number of hydrogen-bond acceptors (Lipinski definition) is 6. The molecule has 1 aromatic heterocycles. The number of nitrogens with zero attached hydrogens (tertiary/aromatic N) is 2. The van der Waals surface area contributed by atoms with Crippen LogP contribution in [-0.4, -0.2) is 28.2 Å². The molecule has 0 saturated carbocycles. The minimum absolute atomic E-state index is 0.0287. The fourth-order valence-electron chi connectivity index (χ4n) is 2.02. The molecule has 1 unspecified atom stereocenters. The number of nitrogens with one attached hydrogen (secondary N) is 1. The number of halogens is 2. The third kappa shape index (κ3) is 7.70.